The summed E-state index contributed by atoms with van der Waals surface area (Å²) in [5.74, 6) is 0.00931. The second-order valence-corrected chi connectivity index (χ2v) is 5.38. The van der Waals surface area contributed by atoms with E-state index in [1.54, 1.807) is 13.0 Å². The molecule has 1 aromatic heterocycles. The number of benzene rings is 1. The van der Waals surface area contributed by atoms with Crippen molar-refractivity contribution in [2.24, 2.45) is 0 Å². The van der Waals surface area contributed by atoms with Crippen LogP contribution in [0.15, 0.2) is 22.8 Å². The van der Waals surface area contributed by atoms with Crippen molar-refractivity contribution >= 4 is 44.8 Å². The van der Waals surface area contributed by atoms with E-state index >= 15 is 0 Å². The van der Waals surface area contributed by atoms with Crippen LogP contribution in [0.3, 0.4) is 0 Å². The Kier molecular flexibility index (Phi) is 4.42. The average molecular weight is 379 g/mol. The van der Waals surface area contributed by atoms with Crippen molar-refractivity contribution in [3.8, 4) is 11.6 Å². The van der Waals surface area contributed by atoms with Crippen LogP contribution in [0.4, 0.5) is 5.69 Å². The smallest absolute Gasteiger partial charge is 0.313 e. The number of rotatable bonds is 3. The Labute approximate surface area is 132 Å². The van der Waals surface area contributed by atoms with Crippen molar-refractivity contribution in [2.75, 3.05) is 0 Å². The molecule has 9 heteroatoms. The lowest BCUT2D eigenvalue weighted by atomic mass is 10.2. The van der Waals surface area contributed by atoms with Gasteiger partial charge in [0.25, 0.3) is 0 Å². The van der Waals surface area contributed by atoms with E-state index < -0.39 is 4.92 Å². The van der Waals surface area contributed by atoms with E-state index in [4.69, 9.17) is 27.9 Å². The molecule has 0 fully saturated rings. The van der Waals surface area contributed by atoms with Crippen LogP contribution in [0.5, 0.6) is 11.6 Å². The molecule has 1 aromatic carbocycles. The van der Waals surface area contributed by atoms with Crippen LogP contribution in [0, 0.1) is 17.0 Å². The fraction of sp³-hybridized carbons (Fsp3) is 0.0909. The molecule has 0 bridgehead atoms. The van der Waals surface area contributed by atoms with Crippen molar-refractivity contribution in [3.63, 3.8) is 0 Å². The molecule has 0 aliphatic rings. The number of hydrogen-bond acceptors (Lipinski definition) is 5. The van der Waals surface area contributed by atoms with Crippen molar-refractivity contribution in [3.05, 3.63) is 48.8 Å². The highest BCUT2D eigenvalue weighted by Gasteiger charge is 2.21. The van der Waals surface area contributed by atoms with E-state index in [9.17, 15) is 10.1 Å². The van der Waals surface area contributed by atoms with Crippen molar-refractivity contribution in [2.45, 2.75) is 6.92 Å². The minimum Gasteiger partial charge on any atom is -0.430 e. The zero-order valence-electron chi connectivity index (χ0n) is 9.93. The summed E-state index contributed by atoms with van der Waals surface area (Å²) in [5.41, 5.74) is 0.347. The average Bonchev–Trinajstić information content (AvgIpc) is 2.36. The largest absolute Gasteiger partial charge is 0.430 e. The van der Waals surface area contributed by atoms with Gasteiger partial charge in [-0.25, -0.2) is 4.98 Å². The van der Waals surface area contributed by atoms with Gasteiger partial charge < -0.3 is 4.74 Å². The van der Waals surface area contributed by atoms with Gasteiger partial charge in [0.1, 0.15) is 5.02 Å². The van der Waals surface area contributed by atoms with Gasteiger partial charge in [-0.15, -0.1) is 0 Å². The van der Waals surface area contributed by atoms with Gasteiger partial charge in [-0.2, -0.15) is 4.98 Å². The number of nitro groups is 1. The number of hydrogen-bond donors (Lipinski definition) is 0. The Hall–Kier alpha value is -1.44. The van der Waals surface area contributed by atoms with E-state index in [1.807, 2.05) is 0 Å². The molecule has 0 spiro atoms. The maximum atomic E-state index is 11.1. The third-order valence-electron chi connectivity index (χ3n) is 2.30. The van der Waals surface area contributed by atoms with E-state index in [-0.39, 0.29) is 27.6 Å². The minimum absolute atomic E-state index is 0.0415. The highest BCUT2D eigenvalue weighted by atomic mass is 79.9. The van der Waals surface area contributed by atoms with Gasteiger partial charge in [0, 0.05) is 16.1 Å². The van der Waals surface area contributed by atoms with E-state index in [1.165, 1.54) is 12.3 Å². The quantitative estimate of drug-likeness (QED) is 0.444. The first kappa shape index (κ1) is 15.0. The van der Waals surface area contributed by atoms with Gasteiger partial charge in [0.05, 0.1) is 11.1 Å². The molecule has 104 valence electrons. The summed E-state index contributed by atoms with van der Waals surface area (Å²) in [7, 11) is 0. The summed E-state index contributed by atoms with van der Waals surface area (Å²) in [6.07, 6.45) is 1.26. The Morgan fingerprint density at radius 2 is 2.10 bits per heavy atom. The molecule has 0 saturated heterocycles. The number of aryl methyl sites for hydroxylation is 1. The molecule has 2 rings (SSSR count). The predicted octanol–water partition coefficient (Wildman–Crippen LogP) is 4.55. The van der Waals surface area contributed by atoms with E-state index in [0.29, 0.717) is 10.0 Å². The molecule has 20 heavy (non-hydrogen) atoms. The Balaban J connectivity index is 2.53. The lowest BCUT2D eigenvalue weighted by molar-refractivity contribution is -0.385. The number of ether oxygens (including phenoxy) is 1. The Bertz CT molecular complexity index is 697. The van der Waals surface area contributed by atoms with E-state index in [2.05, 4.69) is 25.9 Å². The third kappa shape index (κ3) is 3.17. The predicted molar refractivity (Wildman–Crippen MR) is 77.7 cm³/mol. The van der Waals surface area contributed by atoms with Gasteiger partial charge in [0.15, 0.2) is 0 Å². The highest BCUT2D eigenvalue weighted by molar-refractivity contribution is 9.10. The molecule has 0 radical (unpaired) electrons. The molecule has 0 N–H and O–H groups in total. The van der Waals surface area contributed by atoms with Gasteiger partial charge in [0.2, 0.25) is 16.9 Å². The molecular weight excluding hydrogens is 373 g/mol. The molecule has 0 amide bonds. The zero-order chi connectivity index (χ0) is 14.9. The van der Waals surface area contributed by atoms with Gasteiger partial charge >= 0.3 is 5.69 Å². The summed E-state index contributed by atoms with van der Waals surface area (Å²) in [6.45, 7) is 1.67. The van der Waals surface area contributed by atoms with Crippen LogP contribution in [0.2, 0.25) is 10.3 Å². The van der Waals surface area contributed by atoms with Crippen LogP contribution < -0.4 is 4.74 Å². The van der Waals surface area contributed by atoms with Crippen LogP contribution in [-0.4, -0.2) is 14.9 Å². The van der Waals surface area contributed by atoms with Crippen LogP contribution in [-0.2, 0) is 0 Å². The molecule has 6 nitrogen and oxygen atoms in total. The molecule has 0 aliphatic carbocycles. The molecule has 2 aromatic rings. The number of nitrogens with zero attached hydrogens (tertiary/aromatic N) is 3. The lowest BCUT2D eigenvalue weighted by Crippen LogP contribution is -1.98. The van der Waals surface area contributed by atoms with Crippen molar-refractivity contribution in [1.82, 2.24) is 9.97 Å². The zero-order valence-corrected chi connectivity index (χ0v) is 13.0. The molecular formula is C11H6BrCl2N3O3. The third-order valence-corrected chi connectivity index (χ3v) is 3.20. The SMILES string of the molecule is Cc1cc(Br)cc([N+](=O)[O-])c1Oc1nc(Cl)ncc1Cl. The fourth-order valence-electron chi connectivity index (χ4n) is 1.48. The van der Waals surface area contributed by atoms with Gasteiger partial charge in [-0.1, -0.05) is 27.5 Å². The summed E-state index contributed by atoms with van der Waals surface area (Å²) in [6, 6.07) is 3.01. The van der Waals surface area contributed by atoms with Crippen molar-refractivity contribution in [1.29, 1.82) is 0 Å². The topological polar surface area (TPSA) is 78.2 Å². The number of halogens is 3. The van der Waals surface area contributed by atoms with E-state index in [0.717, 1.165) is 0 Å². The Morgan fingerprint density at radius 3 is 2.75 bits per heavy atom. The molecule has 0 atom stereocenters. The Morgan fingerprint density at radius 1 is 1.40 bits per heavy atom. The maximum absolute atomic E-state index is 11.1. The number of aromatic nitrogens is 2. The number of nitro benzene ring substituents is 1. The second kappa shape index (κ2) is 5.90. The summed E-state index contributed by atoms with van der Waals surface area (Å²) in [4.78, 5) is 18.0. The fourth-order valence-corrected chi connectivity index (χ4v) is 2.30. The van der Waals surface area contributed by atoms with Gasteiger partial charge in [-0.05, 0) is 24.6 Å². The van der Waals surface area contributed by atoms with Crippen LogP contribution >= 0.6 is 39.1 Å². The second-order valence-electron chi connectivity index (χ2n) is 3.72. The molecule has 1 heterocycles. The minimum atomic E-state index is -0.552. The van der Waals surface area contributed by atoms with Crippen LogP contribution in [0.25, 0.3) is 0 Å². The maximum Gasteiger partial charge on any atom is 0.313 e. The first-order chi connectivity index (χ1) is 9.38. The summed E-state index contributed by atoms with van der Waals surface area (Å²) in [5, 5.41) is 11.1. The first-order valence-corrected chi connectivity index (χ1v) is 6.74. The molecule has 0 unspecified atom stereocenters. The van der Waals surface area contributed by atoms with Crippen LogP contribution in [0.1, 0.15) is 5.56 Å². The standard InChI is InChI=1S/C11H6BrCl2N3O3/c1-5-2-6(12)3-8(17(18)19)9(5)20-10-7(13)4-15-11(14)16-10/h2-4H,1H3. The highest BCUT2D eigenvalue weighted by Crippen LogP contribution is 2.38. The van der Waals surface area contributed by atoms with Gasteiger partial charge in [-0.3, -0.25) is 10.1 Å². The normalized spacial score (nSPS) is 10.4. The molecule has 0 aliphatic heterocycles. The molecule has 0 saturated carbocycles. The lowest BCUT2D eigenvalue weighted by Gasteiger charge is -2.09. The first-order valence-electron chi connectivity index (χ1n) is 5.19. The summed E-state index contributed by atoms with van der Waals surface area (Å²) >= 11 is 14.7. The summed E-state index contributed by atoms with van der Waals surface area (Å²) < 4.78 is 6.01. The van der Waals surface area contributed by atoms with Crippen molar-refractivity contribution < 1.29 is 9.66 Å². The monoisotopic (exact) mass is 377 g/mol.